The number of hydrogen-bond donors (Lipinski definition) is 0. The Labute approximate surface area is 102 Å². The molecule has 1 aromatic heterocycles. The second-order valence-electron chi connectivity index (χ2n) is 3.56. The van der Waals surface area contributed by atoms with E-state index in [1.807, 2.05) is 12.4 Å². The highest BCUT2D eigenvalue weighted by molar-refractivity contribution is 9.09. The summed E-state index contributed by atoms with van der Waals surface area (Å²) in [6, 6.07) is 6.32. The predicted octanol–water partition coefficient (Wildman–Crippen LogP) is 3.34. The van der Waals surface area contributed by atoms with Gasteiger partial charge >= 0.3 is 0 Å². The van der Waals surface area contributed by atoms with Crippen molar-refractivity contribution in [2.45, 2.75) is 12.8 Å². The number of rotatable bonds is 4. The minimum Gasteiger partial charge on any atom is -0.241 e. The van der Waals surface area contributed by atoms with Crippen LogP contribution >= 0.6 is 15.9 Å². The molecule has 2 aromatic rings. The van der Waals surface area contributed by atoms with Gasteiger partial charge in [0.15, 0.2) is 0 Å². The van der Waals surface area contributed by atoms with Gasteiger partial charge in [0.25, 0.3) is 0 Å². The van der Waals surface area contributed by atoms with Crippen molar-refractivity contribution < 1.29 is 4.39 Å². The number of hydrogen-bond acceptors (Lipinski definition) is 1. The lowest BCUT2D eigenvalue weighted by Gasteiger charge is -1.99. The van der Waals surface area contributed by atoms with E-state index >= 15 is 0 Å². The molecule has 0 bridgehead atoms. The van der Waals surface area contributed by atoms with Gasteiger partial charge in [0.05, 0.1) is 11.9 Å². The van der Waals surface area contributed by atoms with E-state index in [4.69, 9.17) is 0 Å². The van der Waals surface area contributed by atoms with E-state index < -0.39 is 0 Å². The number of aryl methyl sites for hydroxylation is 1. The van der Waals surface area contributed by atoms with Crippen LogP contribution in [-0.2, 0) is 6.42 Å². The van der Waals surface area contributed by atoms with Crippen LogP contribution in [0.25, 0.3) is 5.69 Å². The summed E-state index contributed by atoms with van der Waals surface area (Å²) in [5.41, 5.74) is 2.08. The number of alkyl halides is 1. The fraction of sp³-hybridized carbons (Fsp3) is 0.250. The second kappa shape index (κ2) is 5.25. The Balaban J connectivity index is 2.15. The van der Waals surface area contributed by atoms with E-state index in [0.29, 0.717) is 0 Å². The molecule has 0 amide bonds. The normalized spacial score (nSPS) is 10.6. The highest BCUT2D eigenvalue weighted by atomic mass is 79.9. The first-order chi connectivity index (χ1) is 7.79. The van der Waals surface area contributed by atoms with Crippen molar-refractivity contribution in [3.05, 3.63) is 48.0 Å². The smallest absolute Gasteiger partial charge is 0.123 e. The molecule has 84 valence electrons. The van der Waals surface area contributed by atoms with Gasteiger partial charge in [0.2, 0.25) is 0 Å². The predicted molar refractivity (Wildman–Crippen MR) is 65.6 cm³/mol. The van der Waals surface area contributed by atoms with Crippen LogP contribution in [0.15, 0.2) is 36.7 Å². The third-order valence-electron chi connectivity index (χ3n) is 2.33. The zero-order valence-electron chi connectivity index (χ0n) is 8.74. The summed E-state index contributed by atoms with van der Waals surface area (Å²) in [6.45, 7) is 0. The van der Waals surface area contributed by atoms with Crippen molar-refractivity contribution in [3.63, 3.8) is 0 Å². The molecule has 0 saturated heterocycles. The van der Waals surface area contributed by atoms with Crippen LogP contribution in [0.3, 0.4) is 0 Å². The lowest BCUT2D eigenvalue weighted by atomic mass is 10.2. The minimum absolute atomic E-state index is 0.226. The summed E-state index contributed by atoms with van der Waals surface area (Å²) in [5.74, 6) is -0.226. The summed E-state index contributed by atoms with van der Waals surface area (Å²) in [7, 11) is 0. The van der Waals surface area contributed by atoms with Gasteiger partial charge in [-0.05, 0) is 42.7 Å². The van der Waals surface area contributed by atoms with Gasteiger partial charge in [-0.2, -0.15) is 5.10 Å². The first-order valence-corrected chi connectivity index (χ1v) is 6.27. The highest BCUT2D eigenvalue weighted by Crippen LogP contribution is 2.10. The van der Waals surface area contributed by atoms with Gasteiger partial charge in [-0.3, -0.25) is 0 Å². The van der Waals surface area contributed by atoms with Crippen LogP contribution in [0.1, 0.15) is 12.0 Å². The Hall–Kier alpha value is -1.16. The van der Waals surface area contributed by atoms with Crippen molar-refractivity contribution in [3.8, 4) is 5.69 Å². The van der Waals surface area contributed by atoms with Crippen LogP contribution < -0.4 is 0 Å². The van der Waals surface area contributed by atoms with E-state index in [1.165, 1.54) is 17.7 Å². The number of halogens is 2. The first-order valence-electron chi connectivity index (χ1n) is 5.15. The lowest BCUT2D eigenvalue weighted by molar-refractivity contribution is 0.627. The zero-order chi connectivity index (χ0) is 11.4. The summed E-state index contributed by atoms with van der Waals surface area (Å²) >= 11 is 3.40. The van der Waals surface area contributed by atoms with Gasteiger partial charge in [-0.25, -0.2) is 9.07 Å². The third-order valence-corrected chi connectivity index (χ3v) is 2.89. The van der Waals surface area contributed by atoms with Gasteiger partial charge in [-0.1, -0.05) is 15.9 Å². The Kier molecular flexibility index (Phi) is 3.72. The minimum atomic E-state index is -0.226. The van der Waals surface area contributed by atoms with E-state index in [0.717, 1.165) is 23.9 Å². The molecular formula is C12H12BrFN2. The van der Waals surface area contributed by atoms with Crippen LogP contribution in [0.5, 0.6) is 0 Å². The molecule has 0 radical (unpaired) electrons. The molecule has 0 aliphatic rings. The van der Waals surface area contributed by atoms with Crippen LogP contribution in [-0.4, -0.2) is 15.1 Å². The lowest BCUT2D eigenvalue weighted by Crippen LogP contribution is -1.93. The molecule has 2 nitrogen and oxygen atoms in total. The molecule has 0 unspecified atom stereocenters. The van der Waals surface area contributed by atoms with Crippen molar-refractivity contribution >= 4 is 15.9 Å². The van der Waals surface area contributed by atoms with Gasteiger partial charge in [-0.15, -0.1) is 0 Å². The van der Waals surface area contributed by atoms with Crippen molar-refractivity contribution in [1.82, 2.24) is 9.78 Å². The molecule has 0 aliphatic carbocycles. The molecule has 0 N–H and O–H groups in total. The summed E-state index contributed by atoms with van der Waals surface area (Å²) in [6.07, 6.45) is 5.93. The highest BCUT2D eigenvalue weighted by Gasteiger charge is 2.00. The maximum atomic E-state index is 12.7. The fourth-order valence-electron chi connectivity index (χ4n) is 1.50. The van der Waals surface area contributed by atoms with Crippen LogP contribution in [0.2, 0.25) is 0 Å². The first kappa shape index (κ1) is 11.3. The van der Waals surface area contributed by atoms with Crippen molar-refractivity contribution in [2.75, 3.05) is 5.33 Å². The van der Waals surface area contributed by atoms with Crippen LogP contribution in [0, 0.1) is 5.82 Å². The maximum absolute atomic E-state index is 12.7. The van der Waals surface area contributed by atoms with E-state index in [9.17, 15) is 4.39 Å². The standard InChI is InChI=1S/C12H12BrFN2/c13-7-1-2-10-8-15-16(9-10)12-5-3-11(14)4-6-12/h3-6,8-9H,1-2,7H2. The molecule has 2 rings (SSSR count). The summed E-state index contributed by atoms with van der Waals surface area (Å²) in [4.78, 5) is 0. The van der Waals surface area contributed by atoms with E-state index in [1.54, 1.807) is 16.8 Å². The van der Waals surface area contributed by atoms with E-state index in [-0.39, 0.29) is 5.82 Å². The topological polar surface area (TPSA) is 17.8 Å². The molecule has 16 heavy (non-hydrogen) atoms. The Morgan fingerprint density at radius 1 is 1.25 bits per heavy atom. The molecule has 4 heteroatoms. The molecule has 0 saturated carbocycles. The monoisotopic (exact) mass is 282 g/mol. The average molecular weight is 283 g/mol. The zero-order valence-corrected chi connectivity index (χ0v) is 10.3. The fourth-order valence-corrected chi connectivity index (χ4v) is 1.78. The molecule has 1 aromatic carbocycles. The number of nitrogens with zero attached hydrogens (tertiary/aromatic N) is 2. The largest absolute Gasteiger partial charge is 0.241 e. The third kappa shape index (κ3) is 2.70. The SMILES string of the molecule is Fc1ccc(-n2cc(CCCBr)cn2)cc1. The number of aromatic nitrogens is 2. The van der Waals surface area contributed by atoms with Crippen molar-refractivity contribution in [2.24, 2.45) is 0 Å². The molecule has 0 aliphatic heterocycles. The molecule has 0 atom stereocenters. The van der Waals surface area contributed by atoms with Gasteiger partial charge in [0.1, 0.15) is 5.82 Å². The van der Waals surface area contributed by atoms with Crippen molar-refractivity contribution in [1.29, 1.82) is 0 Å². The maximum Gasteiger partial charge on any atom is 0.123 e. The molecule has 1 heterocycles. The molecular weight excluding hydrogens is 271 g/mol. The van der Waals surface area contributed by atoms with Crippen LogP contribution in [0.4, 0.5) is 4.39 Å². The van der Waals surface area contributed by atoms with Gasteiger partial charge < -0.3 is 0 Å². The quantitative estimate of drug-likeness (QED) is 0.787. The Bertz CT molecular complexity index is 450. The molecule has 0 spiro atoms. The summed E-state index contributed by atoms with van der Waals surface area (Å²) < 4.78 is 14.5. The van der Waals surface area contributed by atoms with Gasteiger partial charge in [0, 0.05) is 11.5 Å². The van der Waals surface area contributed by atoms with E-state index in [2.05, 4.69) is 21.0 Å². The molecule has 0 fully saturated rings. The number of benzene rings is 1. The Morgan fingerprint density at radius 2 is 2.00 bits per heavy atom. The Morgan fingerprint density at radius 3 is 2.69 bits per heavy atom. The second-order valence-corrected chi connectivity index (χ2v) is 4.36. The summed E-state index contributed by atoms with van der Waals surface area (Å²) in [5, 5.41) is 5.24. The average Bonchev–Trinajstić information content (AvgIpc) is 2.76.